The van der Waals surface area contributed by atoms with Gasteiger partial charge in [-0.1, -0.05) is 33.3 Å². The largest absolute Gasteiger partial charge is 0.357 e. The van der Waals surface area contributed by atoms with Crippen LogP contribution in [0.1, 0.15) is 45.6 Å². The van der Waals surface area contributed by atoms with Crippen LogP contribution in [0.2, 0.25) is 0 Å². The Labute approximate surface area is 99.7 Å². The predicted molar refractivity (Wildman–Crippen MR) is 71.0 cm³/mol. The third-order valence-corrected chi connectivity index (χ3v) is 2.65. The highest BCUT2D eigenvalue weighted by molar-refractivity contribution is 5.40. The average molecular weight is 220 g/mol. The second kappa shape index (κ2) is 7.26. The first-order valence-electron chi connectivity index (χ1n) is 6.51. The molecule has 0 radical (unpaired) electrons. The van der Waals surface area contributed by atoms with Gasteiger partial charge in [-0.2, -0.15) is 0 Å². The fourth-order valence-corrected chi connectivity index (χ4v) is 1.76. The van der Waals surface area contributed by atoms with Crippen molar-refractivity contribution >= 4 is 5.82 Å². The number of aryl methyl sites for hydroxylation is 1. The summed E-state index contributed by atoms with van der Waals surface area (Å²) in [7, 11) is 0. The van der Waals surface area contributed by atoms with Crippen molar-refractivity contribution in [3.63, 3.8) is 0 Å². The molecule has 1 fully saturated rings. The van der Waals surface area contributed by atoms with Gasteiger partial charge in [-0.05, 0) is 30.9 Å². The van der Waals surface area contributed by atoms with E-state index >= 15 is 0 Å². The van der Waals surface area contributed by atoms with Gasteiger partial charge in [0, 0.05) is 19.3 Å². The highest BCUT2D eigenvalue weighted by atomic mass is 15.2. The molecule has 0 aromatic carbocycles. The van der Waals surface area contributed by atoms with E-state index < -0.39 is 0 Å². The molecule has 1 aromatic rings. The van der Waals surface area contributed by atoms with Crippen molar-refractivity contribution < 1.29 is 0 Å². The maximum Gasteiger partial charge on any atom is 0.128 e. The zero-order valence-corrected chi connectivity index (χ0v) is 10.9. The van der Waals surface area contributed by atoms with Gasteiger partial charge < -0.3 is 4.90 Å². The van der Waals surface area contributed by atoms with E-state index in [2.05, 4.69) is 42.8 Å². The van der Waals surface area contributed by atoms with Crippen molar-refractivity contribution in [3.05, 3.63) is 23.9 Å². The molecule has 1 aromatic heterocycles. The first-order chi connectivity index (χ1) is 7.81. The molecule has 0 aliphatic carbocycles. The summed E-state index contributed by atoms with van der Waals surface area (Å²) in [4.78, 5) is 6.82. The molecule has 0 bridgehead atoms. The van der Waals surface area contributed by atoms with Gasteiger partial charge in [0.2, 0.25) is 0 Å². The van der Waals surface area contributed by atoms with Crippen LogP contribution in [0.3, 0.4) is 0 Å². The fourth-order valence-electron chi connectivity index (χ4n) is 1.76. The lowest BCUT2D eigenvalue weighted by molar-refractivity contribution is 0.931. The maximum absolute atomic E-state index is 4.46. The van der Waals surface area contributed by atoms with Gasteiger partial charge >= 0.3 is 0 Å². The molecule has 0 atom stereocenters. The maximum atomic E-state index is 4.46. The first kappa shape index (κ1) is 13.0. The minimum atomic E-state index is 1.08. The first-order valence-corrected chi connectivity index (χ1v) is 6.51. The quantitative estimate of drug-likeness (QED) is 0.756. The van der Waals surface area contributed by atoms with E-state index in [0.29, 0.717) is 0 Å². The second-order valence-corrected chi connectivity index (χ2v) is 4.28. The number of nitrogens with zero attached hydrogens (tertiary/aromatic N) is 2. The Morgan fingerprint density at radius 3 is 2.19 bits per heavy atom. The van der Waals surface area contributed by atoms with E-state index in [0.717, 1.165) is 12.2 Å². The normalized spacial score (nSPS) is 14.6. The highest BCUT2D eigenvalue weighted by Crippen LogP contribution is 2.17. The van der Waals surface area contributed by atoms with Crippen molar-refractivity contribution in [2.45, 2.75) is 46.5 Å². The Morgan fingerprint density at radius 2 is 1.75 bits per heavy atom. The van der Waals surface area contributed by atoms with Gasteiger partial charge in [-0.15, -0.1) is 0 Å². The van der Waals surface area contributed by atoms with Crippen molar-refractivity contribution in [2.24, 2.45) is 0 Å². The van der Waals surface area contributed by atoms with E-state index in [1.807, 2.05) is 6.20 Å². The lowest BCUT2D eigenvalue weighted by atomic mass is 10.2. The van der Waals surface area contributed by atoms with E-state index in [4.69, 9.17) is 0 Å². The molecule has 2 rings (SSSR count). The monoisotopic (exact) mass is 220 g/mol. The molecule has 0 unspecified atom stereocenters. The molecule has 0 amide bonds. The standard InChI is InChI=1S/C11H16N2.C3H8/c1-2-10-5-6-11(12-9-10)13-7-3-4-8-13;1-3-2/h5-6,9H,2-4,7-8H2,1H3;3H2,1-2H3. The van der Waals surface area contributed by atoms with Crippen LogP contribution in [0, 0.1) is 0 Å². The van der Waals surface area contributed by atoms with Crippen molar-refractivity contribution in [1.29, 1.82) is 0 Å². The number of hydrogen-bond acceptors (Lipinski definition) is 2. The number of aromatic nitrogens is 1. The molecular formula is C14H24N2. The molecule has 1 saturated heterocycles. The Morgan fingerprint density at radius 1 is 1.12 bits per heavy atom. The van der Waals surface area contributed by atoms with Crippen molar-refractivity contribution in [1.82, 2.24) is 4.98 Å². The molecule has 0 saturated carbocycles. The van der Waals surface area contributed by atoms with E-state index in [-0.39, 0.29) is 0 Å². The third-order valence-electron chi connectivity index (χ3n) is 2.65. The molecule has 0 spiro atoms. The van der Waals surface area contributed by atoms with Crippen LogP contribution in [0.5, 0.6) is 0 Å². The Balaban J connectivity index is 0.000000386. The van der Waals surface area contributed by atoms with Crippen LogP contribution in [-0.4, -0.2) is 18.1 Å². The molecule has 16 heavy (non-hydrogen) atoms. The number of rotatable bonds is 2. The summed E-state index contributed by atoms with van der Waals surface area (Å²) in [6.07, 6.45) is 6.95. The summed E-state index contributed by atoms with van der Waals surface area (Å²) in [5.41, 5.74) is 1.32. The SMILES string of the molecule is CCC.CCc1ccc(N2CCCC2)nc1. The van der Waals surface area contributed by atoms with Crippen LogP contribution in [0.25, 0.3) is 0 Å². The zero-order chi connectivity index (χ0) is 11.8. The van der Waals surface area contributed by atoms with E-state index in [1.54, 1.807) is 0 Å². The molecule has 2 heteroatoms. The second-order valence-electron chi connectivity index (χ2n) is 4.28. The van der Waals surface area contributed by atoms with E-state index in [1.165, 1.54) is 37.9 Å². The summed E-state index contributed by atoms with van der Waals surface area (Å²) < 4.78 is 0. The number of hydrogen-bond donors (Lipinski definition) is 0. The van der Waals surface area contributed by atoms with Gasteiger partial charge in [0.1, 0.15) is 5.82 Å². The summed E-state index contributed by atoms with van der Waals surface area (Å²) in [5, 5.41) is 0. The number of pyridine rings is 1. The minimum absolute atomic E-state index is 1.08. The third kappa shape index (κ3) is 3.84. The van der Waals surface area contributed by atoms with Crippen LogP contribution >= 0.6 is 0 Å². The molecule has 2 nitrogen and oxygen atoms in total. The average Bonchev–Trinajstić information content (AvgIpc) is 2.84. The summed E-state index contributed by atoms with van der Waals surface area (Å²) in [6.45, 7) is 8.77. The lowest BCUT2D eigenvalue weighted by Crippen LogP contribution is -2.18. The van der Waals surface area contributed by atoms with Gasteiger partial charge in [-0.3, -0.25) is 0 Å². The van der Waals surface area contributed by atoms with Crippen LogP contribution < -0.4 is 4.90 Å². The van der Waals surface area contributed by atoms with Crippen LogP contribution in [0.4, 0.5) is 5.82 Å². The highest BCUT2D eigenvalue weighted by Gasteiger charge is 2.12. The van der Waals surface area contributed by atoms with Crippen LogP contribution in [0.15, 0.2) is 18.3 Å². The smallest absolute Gasteiger partial charge is 0.128 e. The number of anilines is 1. The van der Waals surface area contributed by atoms with E-state index in [9.17, 15) is 0 Å². The topological polar surface area (TPSA) is 16.1 Å². The van der Waals surface area contributed by atoms with Crippen molar-refractivity contribution in [3.8, 4) is 0 Å². The Kier molecular flexibility index (Phi) is 5.91. The van der Waals surface area contributed by atoms with Gasteiger partial charge in [0.05, 0.1) is 0 Å². The van der Waals surface area contributed by atoms with Gasteiger partial charge in [-0.25, -0.2) is 4.98 Å². The summed E-state index contributed by atoms with van der Waals surface area (Å²) in [5.74, 6) is 1.15. The molecule has 2 heterocycles. The van der Waals surface area contributed by atoms with Gasteiger partial charge in [0.25, 0.3) is 0 Å². The zero-order valence-electron chi connectivity index (χ0n) is 10.9. The van der Waals surface area contributed by atoms with Crippen molar-refractivity contribution in [2.75, 3.05) is 18.0 Å². The summed E-state index contributed by atoms with van der Waals surface area (Å²) in [6, 6.07) is 4.32. The minimum Gasteiger partial charge on any atom is -0.357 e. The predicted octanol–water partition coefficient (Wildman–Crippen LogP) is 3.66. The molecule has 0 N–H and O–H groups in total. The molecule has 1 aliphatic heterocycles. The molecule has 1 aliphatic rings. The molecular weight excluding hydrogens is 196 g/mol. The lowest BCUT2D eigenvalue weighted by Gasteiger charge is -2.15. The Hall–Kier alpha value is -1.05. The van der Waals surface area contributed by atoms with Crippen LogP contribution in [-0.2, 0) is 6.42 Å². The Bertz CT molecular complexity index is 273. The summed E-state index contributed by atoms with van der Waals surface area (Å²) >= 11 is 0. The molecule has 90 valence electrons. The van der Waals surface area contributed by atoms with Gasteiger partial charge in [0.15, 0.2) is 0 Å². The fraction of sp³-hybridized carbons (Fsp3) is 0.643.